The molecule has 0 radical (unpaired) electrons. The van der Waals surface area contributed by atoms with Gasteiger partial charge in [0.05, 0.1) is 59.3 Å². The third-order valence-electron chi connectivity index (χ3n) is 15.8. The Morgan fingerprint density at radius 2 is 1.47 bits per heavy atom. The molecule has 3 fully saturated rings. The third kappa shape index (κ3) is 16.7. The fourth-order valence-corrected chi connectivity index (χ4v) is 13.4. The van der Waals surface area contributed by atoms with Crippen LogP contribution >= 0.6 is 31.9 Å². The number of piperidine rings is 1. The summed E-state index contributed by atoms with van der Waals surface area (Å²) in [4.78, 5) is 90.8. The van der Waals surface area contributed by atoms with E-state index in [-0.39, 0.29) is 54.1 Å². The molecule has 5 rings (SSSR count). The van der Waals surface area contributed by atoms with E-state index < -0.39 is 81.5 Å². The number of carbonyl (C=O) groups excluding carboxylic acids is 6. The number of nitrogens with zero attached hydrogens (tertiary/aromatic N) is 7. The number of nitrogens with one attached hydrogen (secondary N) is 3. The van der Waals surface area contributed by atoms with Crippen molar-refractivity contribution in [3.63, 3.8) is 0 Å². The van der Waals surface area contributed by atoms with Gasteiger partial charge in [0.25, 0.3) is 5.91 Å². The zero-order valence-electron chi connectivity index (χ0n) is 47.7. The van der Waals surface area contributed by atoms with Crippen LogP contribution in [0.4, 0.5) is 4.79 Å². The number of benzene rings is 1. The molecular formula is C54H86Br2N10O11S. The van der Waals surface area contributed by atoms with Crippen molar-refractivity contribution in [2.24, 2.45) is 29.6 Å². The van der Waals surface area contributed by atoms with Gasteiger partial charge in [-0.1, -0.05) is 104 Å². The van der Waals surface area contributed by atoms with E-state index in [4.69, 9.17) is 14.2 Å². The van der Waals surface area contributed by atoms with Gasteiger partial charge >= 0.3 is 6.09 Å². The van der Waals surface area contributed by atoms with Gasteiger partial charge in [-0.05, 0) is 94.0 Å². The van der Waals surface area contributed by atoms with E-state index in [1.165, 1.54) is 14.2 Å². The molecule has 0 bridgehead atoms. The summed E-state index contributed by atoms with van der Waals surface area (Å²) in [5, 5.41) is 15.0. The minimum atomic E-state index is -3.99. The average Bonchev–Trinajstić information content (AvgIpc) is 4.06. The Labute approximate surface area is 479 Å². The Kier molecular flexibility index (Phi) is 24.4. The second kappa shape index (κ2) is 29.5. The number of methoxy groups -OCH3 is 2. The summed E-state index contributed by atoms with van der Waals surface area (Å²) in [5.41, 5.74) is 2.47. The first kappa shape index (κ1) is 64.6. The fourth-order valence-electron chi connectivity index (χ4n) is 11.0. The van der Waals surface area contributed by atoms with Gasteiger partial charge in [0, 0.05) is 64.5 Å². The van der Waals surface area contributed by atoms with Crippen LogP contribution in [0, 0.1) is 29.6 Å². The zero-order chi connectivity index (χ0) is 57.8. The van der Waals surface area contributed by atoms with Gasteiger partial charge in [-0.3, -0.25) is 33.6 Å². The predicted molar refractivity (Wildman–Crippen MR) is 303 cm³/mol. The van der Waals surface area contributed by atoms with Gasteiger partial charge < -0.3 is 39.5 Å². The summed E-state index contributed by atoms with van der Waals surface area (Å²) in [6.07, 6.45) is 1.98. The number of aromatic nitrogens is 3. The van der Waals surface area contributed by atoms with Crippen molar-refractivity contribution in [1.29, 1.82) is 0 Å². The van der Waals surface area contributed by atoms with Crippen molar-refractivity contribution in [2.45, 2.75) is 171 Å². The number of likely N-dealkylation sites (tertiary alicyclic amines) is 2. The Balaban J connectivity index is 1.25. The number of ether oxygens (including phenoxy) is 3. The second-order valence-corrected chi connectivity index (χ2v) is 25.4. The molecule has 438 valence electrons. The summed E-state index contributed by atoms with van der Waals surface area (Å²) in [5.74, 6) is -2.93. The fraction of sp³-hybridized carbons (Fsp3) is 0.741. The van der Waals surface area contributed by atoms with Crippen molar-refractivity contribution in [3.05, 3.63) is 41.2 Å². The molecule has 2 saturated heterocycles. The van der Waals surface area contributed by atoms with Crippen LogP contribution < -0.4 is 20.1 Å². The number of likely N-dealkylation sites (N-methyl/N-ethyl adjacent to an activating group) is 2. The lowest BCUT2D eigenvalue weighted by Crippen LogP contribution is -2.59. The molecule has 3 aliphatic rings. The molecule has 2 aliphatic heterocycles. The normalized spacial score (nSPS) is 19.4. The lowest BCUT2D eigenvalue weighted by molar-refractivity contribution is -0.148. The summed E-state index contributed by atoms with van der Waals surface area (Å²) < 4.78 is 48.0. The maximum absolute atomic E-state index is 14.5. The molecule has 2 aromatic rings. The van der Waals surface area contributed by atoms with Crippen LogP contribution in [0.3, 0.4) is 0 Å². The topological polar surface area (TPSA) is 244 Å². The molecule has 9 atom stereocenters. The standard InChI is InChI=1S/C54H86Br2N10O11S/c1-13-34(6)48(63(10)53(71)46(32(2)3)58-52(70)47(33(4)5)62(8)9)44(75-11)28-45(67)65-24-14-15-42(65)49(76-12)35(7)50(68)57-40(51(69)60-78(73,74)39-20-21-39)27-36-16-18-38(19-17-36)77-54(72)64-25-22-37(23-26-64)31-66-43(30-56)41(29-55)59-61-66/h16-19,32-35,37,39-40,42,44,46-49H,13-15,20-31H2,1-12H3,(H,57,68)(H,58,70)(H,60,69)/t34-,35+,40-,42-,44+,46-,47?,48-,49+/m0/s1. The highest BCUT2D eigenvalue weighted by Crippen LogP contribution is 2.31. The van der Waals surface area contributed by atoms with Crippen molar-refractivity contribution in [1.82, 2.24) is 49.9 Å². The van der Waals surface area contributed by atoms with Crippen molar-refractivity contribution in [2.75, 3.05) is 55.0 Å². The third-order valence-corrected chi connectivity index (χ3v) is 18.7. The van der Waals surface area contributed by atoms with Crippen molar-refractivity contribution in [3.8, 4) is 5.75 Å². The molecule has 3 N–H and O–H groups in total. The first-order chi connectivity index (χ1) is 36.9. The maximum atomic E-state index is 14.5. The molecule has 0 spiro atoms. The molecule has 6 amide bonds. The maximum Gasteiger partial charge on any atom is 0.415 e. The number of halogens is 2. The average molecular weight is 1240 g/mol. The quantitative estimate of drug-likeness (QED) is 0.0921. The molecule has 3 heterocycles. The van der Waals surface area contributed by atoms with Gasteiger partial charge in [-0.25, -0.2) is 17.9 Å². The summed E-state index contributed by atoms with van der Waals surface area (Å²) in [7, 11) is 4.36. The van der Waals surface area contributed by atoms with Gasteiger partial charge in [0.15, 0.2) is 0 Å². The summed E-state index contributed by atoms with van der Waals surface area (Å²) in [6, 6.07) is 2.80. The Morgan fingerprint density at radius 1 is 0.821 bits per heavy atom. The predicted octanol–water partition coefficient (Wildman–Crippen LogP) is 5.26. The van der Waals surface area contributed by atoms with Crippen LogP contribution in [0.5, 0.6) is 5.75 Å². The van der Waals surface area contributed by atoms with E-state index in [1.807, 2.05) is 65.2 Å². The highest BCUT2D eigenvalue weighted by atomic mass is 79.9. The molecule has 21 nitrogen and oxygen atoms in total. The van der Waals surface area contributed by atoms with Gasteiger partial charge in [0.1, 0.15) is 17.8 Å². The van der Waals surface area contributed by atoms with E-state index in [2.05, 4.69) is 57.5 Å². The first-order valence-electron chi connectivity index (χ1n) is 27.4. The Bertz CT molecular complexity index is 2450. The van der Waals surface area contributed by atoms with E-state index in [0.717, 1.165) is 24.2 Å². The molecule has 1 saturated carbocycles. The SMILES string of the molecule is CC[C@H](C)[C@@H]([C@@H](CC(=O)N1CCC[C@H]1[C@H](OC)[C@@H](C)C(=O)N[C@@H](Cc1ccc(OC(=O)N2CCC(Cn3nnc(CBr)c3CBr)CC2)cc1)C(=O)NS(=O)(=O)C1CC1)OC)N(C)C(=O)[C@@H](NC(=O)C(C(C)C)N(C)C)C(C)C. The monoisotopic (exact) mass is 1240 g/mol. The first-order valence-corrected chi connectivity index (χ1v) is 31.2. The number of rotatable bonds is 28. The van der Waals surface area contributed by atoms with E-state index >= 15 is 0 Å². The van der Waals surface area contributed by atoms with Crippen molar-refractivity contribution >= 4 is 77.5 Å². The van der Waals surface area contributed by atoms with Crippen LogP contribution in [0.2, 0.25) is 0 Å². The van der Waals surface area contributed by atoms with Crippen LogP contribution in [0.15, 0.2) is 24.3 Å². The van der Waals surface area contributed by atoms with E-state index in [1.54, 1.807) is 52.9 Å². The number of hydrogen-bond acceptors (Lipinski definition) is 14. The minimum Gasteiger partial charge on any atom is -0.410 e. The van der Waals surface area contributed by atoms with Crippen LogP contribution in [-0.2, 0) is 67.1 Å². The number of carbonyl (C=O) groups is 6. The summed E-state index contributed by atoms with van der Waals surface area (Å²) >= 11 is 7.00. The zero-order valence-corrected chi connectivity index (χ0v) is 51.7. The highest BCUT2D eigenvalue weighted by molar-refractivity contribution is 9.09. The number of alkyl halides is 2. The van der Waals surface area contributed by atoms with Gasteiger partial charge in [-0.2, -0.15) is 0 Å². The van der Waals surface area contributed by atoms with Crippen molar-refractivity contribution < 1.29 is 51.4 Å². The number of sulfonamides is 1. The number of amides is 6. The molecule has 1 aromatic carbocycles. The van der Waals surface area contributed by atoms with E-state index in [0.29, 0.717) is 80.4 Å². The van der Waals surface area contributed by atoms with E-state index in [9.17, 15) is 37.2 Å². The lowest BCUT2D eigenvalue weighted by Gasteiger charge is -2.41. The van der Waals surface area contributed by atoms with Crippen LogP contribution in [0.25, 0.3) is 0 Å². The Morgan fingerprint density at radius 3 is 2.01 bits per heavy atom. The molecule has 78 heavy (non-hydrogen) atoms. The number of hydrogen-bond donors (Lipinski definition) is 3. The second-order valence-electron chi connectivity index (χ2n) is 22.3. The minimum absolute atomic E-state index is 0.000265. The highest BCUT2D eigenvalue weighted by Gasteiger charge is 2.44. The largest absolute Gasteiger partial charge is 0.415 e. The Hall–Kier alpha value is -4.23. The molecule has 1 unspecified atom stereocenters. The molecular weight excluding hydrogens is 1160 g/mol. The lowest BCUT2D eigenvalue weighted by atomic mass is 9.89. The van der Waals surface area contributed by atoms with Crippen LogP contribution in [-0.4, -0.2) is 181 Å². The molecule has 1 aromatic heterocycles. The van der Waals surface area contributed by atoms with Gasteiger partial charge in [0.2, 0.25) is 33.7 Å². The van der Waals surface area contributed by atoms with Crippen LogP contribution in [0.1, 0.15) is 117 Å². The molecule has 24 heteroatoms. The smallest absolute Gasteiger partial charge is 0.410 e. The molecule has 1 aliphatic carbocycles. The van der Waals surface area contributed by atoms with Gasteiger partial charge in [-0.15, -0.1) is 5.10 Å². The summed E-state index contributed by atoms with van der Waals surface area (Å²) in [6.45, 7) is 15.5.